The standard InChI is InChI=1S/C8H13NO2/c1-4-11-8(10)7(5-9)6(2)3/h5,9H,4H2,1-3H3. The highest BCUT2D eigenvalue weighted by molar-refractivity contribution is 6.09. The molecule has 0 saturated heterocycles. The van der Waals surface area contributed by atoms with Gasteiger partial charge in [0.2, 0.25) is 0 Å². The van der Waals surface area contributed by atoms with Crippen molar-refractivity contribution < 1.29 is 9.53 Å². The molecule has 3 nitrogen and oxygen atoms in total. The third-order valence-corrected chi connectivity index (χ3v) is 1.18. The van der Waals surface area contributed by atoms with Gasteiger partial charge in [0, 0.05) is 6.21 Å². The number of allylic oxidation sites excluding steroid dienone is 1. The number of carbonyl (C=O) groups excluding carboxylic acids is 1. The van der Waals surface area contributed by atoms with E-state index < -0.39 is 5.97 Å². The van der Waals surface area contributed by atoms with E-state index in [1.54, 1.807) is 20.8 Å². The van der Waals surface area contributed by atoms with Crippen LogP contribution in [0.2, 0.25) is 0 Å². The van der Waals surface area contributed by atoms with Crippen molar-refractivity contribution in [3.05, 3.63) is 11.1 Å². The van der Waals surface area contributed by atoms with Crippen LogP contribution < -0.4 is 0 Å². The van der Waals surface area contributed by atoms with E-state index in [4.69, 9.17) is 10.1 Å². The molecule has 0 rings (SSSR count). The number of carbonyl (C=O) groups is 1. The number of rotatable bonds is 3. The molecular weight excluding hydrogens is 142 g/mol. The van der Waals surface area contributed by atoms with Gasteiger partial charge in [-0.25, -0.2) is 4.79 Å². The number of hydrogen-bond acceptors (Lipinski definition) is 3. The van der Waals surface area contributed by atoms with Crippen molar-refractivity contribution in [1.82, 2.24) is 0 Å². The van der Waals surface area contributed by atoms with Crippen molar-refractivity contribution in [2.24, 2.45) is 0 Å². The minimum atomic E-state index is -0.414. The second-order valence-electron chi connectivity index (χ2n) is 2.28. The Morgan fingerprint density at radius 1 is 1.55 bits per heavy atom. The Bertz CT molecular complexity index is 190. The molecule has 0 heterocycles. The van der Waals surface area contributed by atoms with Crippen molar-refractivity contribution in [3.63, 3.8) is 0 Å². The van der Waals surface area contributed by atoms with E-state index in [-0.39, 0.29) is 0 Å². The lowest BCUT2D eigenvalue weighted by Crippen LogP contribution is -2.09. The molecule has 0 saturated carbocycles. The SMILES string of the molecule is CCOC(=O)C(C=N)=C(C)C. The molecule has 0 aromatic heterocycles. The van der Waals surface area contributed by atoms with Crippen LogP contribution in [0.3, 0.4) is 0 Å². The fourth-order valence-corrected chi connectivity index (χ4v) is 0.616. The minimum Gasteiger partial charge on any atom is -0.462 e. The van der Waals surface area contributed by atoms with Gasteiger partial charge < -0.3 is 10.1 Å². The summed E-state index contributed by atoms with van der Waals surface area (Å²) in [6.45, 7) is 5.64. The van der Waals surface area contributed by atoms with E-state index in [1.165, 1.54) is 0 Å². The minimum absolute atomic E-state index is 0.340. The van der Waals surface area contributed by atoms with Crippen LogP contribution in [0.4, 0.5) is 0 Å². The van der Waals surface area contributed by atoms with Gasteiger partial charge in [0.15, 0.2) is 0 Å². The lowest BCUT2D eigenvalue weighted by Gasteiger charge is -2.02. The van der Waals surface area contributed by atoms with Gasteiger partial charge in [-0.3, -0.25) is 0 Å². The Balaban J connectivity index is 4.40. The molecule has 0 aromatic rings. The maximum absolute atomic E-state index is 11.0. The summed E-state index contributed by atoms with van der Waals surface area (Å²) in [5.41, 5.74) is 1.14. The molecule has 62 valence electrons. The van der Waals surface area contributed by atoms with Gasteiger partial charge in [-0.05, 0) is 20.8 Å². The van der Waals surface area contributed by atoms with E-state index in [0.717, 1.165) is 11.8 Å². The molecule has 0 aliphatic carbocycles. The van der Waals surface area contributed by atoms with Crippen molar-refractivity contribution >= 4 is 12.2 Å². The Morgan fingerprint density at radius 3 is 2.36 bits per heavy atom. The first-order valence-corrected chi connectivity index (χ1v) is 3.48. The average Bonchev–Trinajstić information content (AvgIpc) is 1.88. The molecular formula is C8H13NO2. The van der Waals surface area contributed by atoms with Crippen LogP contribution in [0, 0.1) is 5.41 Å². The summed E-state index contributed by atoms with van der Waals surface area (Å²) in [4.78, 5) is 11.0. The normalized spacial score (nSPS) is 8.64. The molecule has 0 aliphatic heterocycles. The van der Waals surface area contributed by atoms with Gasteiger partial charge >= 0.3 is 5.97 Å². The van der Waals surface area contributed by atoms with Crippen molar-refractivity contribution in [3.8, 4) is 0 Å². The summed E-state index contributed by atoms with van der Waals surface area (Å²) in [5.74, 6) is -0.414. The van der Waals surface area contributed by atoms with Crippen LogP contribution in [-0.2, 0) is 9.53 Å². The maximum Gasteiger partial charge on any atom is 0.339 e. The molecule has 0 atom stereocenters. The molecule has 11 heavy (non-hydrogen) atoms. The lowest BCUT2D eigenvalue weighted by atomic mass is 10.2. The van der Waals surface area contributed by atoms with Crippen LogP contribution >= 0.6 is 0 Å². The Morgan fingerprint density at radius 2 is 2.09 bits per heavy atom. The topological polar surface area (TPSA) is 50.2 Å². The Kier molecular flexibility index (Phi) is 4.18. The van der Waals surface area contributed by atoms with E-state index in [9.17, 15) is 4.79 Å². The van der Waals surface area contributed by atoms with Gasteiger partial charge in [-0.2, -0.15) is 0 Å². The summed E-state index contributed by atoms with van der Waals surface area (Å²) >= 11 is 0. The van der Waals surface area contributed by atoms with Gasteiger partial charge in [-0.15, -0.1) is 0 Å². The summed E-state index contributed by atoms with van der Waals surface area (Å²) in [6.07, 6.45) is 1.02. The Hall–Kier alpha value is -1.12. The number of ether oxygens (including phenoxy) is 1. The highest BCUT2D eigenvalue weighted by atomic mass is 16.5. The second-order valence-corrected chi connectivity index (χ2v) is 2.28. The van der Waals surface area contributed by atoms with Gasteiger partial charge in [-0.1, -0.05) is 5.57 Å². The molecule has 0 unspecified atom stereocenters. The number of nitrogens with one attached hydrogen (secondary N) is 1. The van der Waals surface area contributed by atoms with E-state index in [1.807, 2.05) is 0 Å². The van der Waals surface area contributed by atoms with Crippen LogP contribution in [-0.4, -0.2) is 18.8 Å². The molecule has 1 N–H and O–H groups in total. The third kappa shape index (κ3) is 2.98. The highest BCUT2D eigenvalue weighted by Crippen LogP contribution is 2.02. The van der Waals surface area contributed by atoms with Crippen LogP contribution in [0.15, 0.2) is 11.1 Å². The molecule has 0 aliphatic rings. The second kappa shape index (κ2) is 4.66. The van der Waals surface area contributed by atoms with Crippen molar-refractivity contribution in [2.75, 3.05) is 6.61 Å². The predicted octanol–water partition coefficient (Wildman–Crippen LogP) is 1.54. The third-order valence-electron chi connectivity index (χ3n) is 1.18. The highest BCUT2D eigenvalue weighted by Gasteiger charge is 2.07. The van der Waals surface area contributed by atoms with Crippen LogP contribution in [0.25, 0.3) is 0 Å². The predicted molar refractivity (Wildman–Crippen MR) is 43.8 cm³/mol. The first-order chi connectivity index (χ1) is 5.13. The smallest absolute Gasteiger partial charge is 0.339 e. The van der Waals surface area contributed by atoms with Gasteiger partial charge in [0.05, 0.1) is 12.2 Å². The monoisotopic (exact) mass is 155 g/mol. The number of hydrogen-bond donors (Lipinski definition) is 1. The van der Waals surface area contributed by atoms with Crippen molar-refractivity contribution in [2.45, 2.75) is 20.8 Å². The van der Waals surface area contributed by atoms with Crippen LogP contribution in [0.5, 0.6) is 0 Å². The molecule has 0 fully saturated rings. The fourth-order valence-electron chi connectivity index (χ4n) is 0.616. The summed E-state index contributed by atoms with van der Waals surface area (Å²) in [7, 11) is 0. The molecule has 0 aromatic carbocycles. The first-order valence-electron chi connectivity index (χ1n) is 3.48. The lowest BCUT2D eigenvalue weighted by molar-refractivity contribution is -0.137. The quantitative estimate of drug-likeness (QED) is 0.382. The van der Waals surface area contributed by atoms with E-state index in [0.29, 0.717) is 12.2 Å². The number of esters is 1. The zero-order valence-corrected chi connectivity index (χ0v) is 7.10. The fraction of sp³-hybridized carbons (Fsp3) is 0.500. The van der Waals surface area contributed by atoms with Gasteiger partial charge in [0.1, 0.15) is 0 Å². The molecule has 0 amide bonds. The summed E-state index contributed by atoms with van der Waals surface area (Å²) in [6, 6.07) is 0. The van der Waals surface area contributed by atoms with Gasteiger partial charge in [0.25, 0.3) is 0 Å². The zero-order valence-electron chi connectivity index (χ0n) is 7.10. The molecule has 0 spiro atoms. The molecule has 0 bridgehead atoms. The molecule has 3 heteroatoms. The van der Waals surface area contributed by atoms with Crippen LogP contribution in [0.1, 0.15) is 20.8 Å². The average molecular weight is 155 g/mol. The first kappa shape index (κ1) is 9.88. The van der Waals surface area contributed by atoms with E-state index in [2.05, 4.69) is 0 Å². The Labute approximate surface area is 66.6 Å². The van der Waals surface area contributed by atoms with E-state index >= 15 is 0 Å². The summed E-state index contributed by atoms with van der Waals surface area (Å²) < 4.78 is 4.71. The largest absolute Gasteiger partial charge is 0.462 e. The van der Waals surface area contributed by atoms with Crippen molar-refractivity contribution in [1.29, 1.82) is 5.41 Å². The molecule has 0 radical (unpaired) electrons. The summed E-state index contributed by atoms with van der Waals surface area (Å²) in [5, 5.41) is 6.92. The maximum atomic E-state index is 11.0. The zero-order chi connectivity index (χ0) is 8.85.